The number of fused-ring (bicyclic) bond motifs is 2. The van der Waals surface area contributed by atoms with E-state index < -0.39 is 50.6 Å². The van der Waals surface area contributed by atoms with E-state index in [1.807, 2.05) is 42.5 Å². The fraction of sp³-hybridized carbons (Fsp3) is 0.417. The van der Waals surface area contributed by atoms with Crippen LogP contribution < -0.4 is 20.1 Å². The molecule has 0 radical (unpaired) electrons. The number of carbonyl (C=O) groups excluding carboxylic acids is 4. The number of nitrogens with zero attached hydrogens (tertiary/aromatic N) is 2. The number of sulfonamides is 1. The maximum atomic E-state index is 14.0. The number of urea groups is 1. The molecule has 12 nitrogen and oxygen atoms in total. The highest BCUT2D eigenvalue weighted by molar-refractivity contribution is 7.91. The van der Waals surface area contributed by atoms with Crippen LogP contribution in [-0.2, 0) is 19.6 Å². The lowest BCUT2D eigenvalue weighted by Crippen LogP contribution is -2.58. The molecule has 258 valence electrons. The summed E-state index contributed by atoms with van der Waals surface area (Å²) in [6, 6.07) is 14.8. The smallest absolute Gasteiger partial charge is 0.317 e. The van der Waals surface area contributed by atoms with Crippen molar-refractivity contribution < 1.29 is 32.3 Å². The van der Waals surface area contributed by atoms with Gasteiger partial charge in [0.25, 0.3) is 5.91 Å². The van der Waals surface area contributed by atoms with Crippen molar-refractivity contribution in [1.29, 1.82) is 0 Å². The van der Waals surface area contributed by atoms with Crippen LogP contribution in [0.5, 0.6) is 5.75 Å². The Morgan fingerprint density at radius 1 is 1.08 bits per heavy atom. The molecule has 3 N–H and O–H groups in total. The third-order valence-electron chi connectivity index (χ3n) is 9.46. The van der Waals surface area contributed by atoms with Gasteiger partial charge in [0.1, 0.15) is 17.3 Å². The fourth-order valence-corrected chi connectivity index (χ4v) is 7.57. The van der Waals surface area contributed by atoms with Crippen LogP contribution in [0.3, 0.4) is 0 Å². The Labute approximate surface area is 285 Å². The van der Waals surface area contributed by atoms with Gasteiger partial charge in [0.15, 0.2) is 5.78 Å². The first-order chi connectivity index (χ1) is 23.5. The first-order valence-electron chi connectivity index (χ1n) is 16.6. The van der Waals surface area contributed by atoms with E-state index in [1.165, 1.54) is 4.90 Å². The zero-order valence-electron chi connectivity index (χ0n) is 27.6. The van der Waals surface area contributed by atoms with E-state index in [0.717, 1.165) is 18.4 Å². The minimum atomic E-state index is -3.86. The van der Waals surface area contributed by atoms with Gasteiger partial charge in [0.2, 0.25) is 15.9 Å². The first-order valence-corrected chi connectivity index (χ1v) is 18.2. The zero-order valence-corrected chi connectivity index (χ0v) is 28.4. The average molecular weight is 688 g/mol. The van der Waals surface area contributed by atoms with Crippen LogP contribution >= 0.6 is 0 Å². The van der Waals surface area contributed by atoms with Crippen LogP contribution in [0.25, 0.3) is 22.2 Å². The van der Waals surface area contributed by atoms with E-state index in [4.69, 9.17) is 9.72 Å². The SMILES string of the molecule is COc1ccc2c(C(=O)CC[C@@H]3NC(=O)N(C)CCCC/C=C\[C@@H]4C[C@@]4(C(=O)NS(=O)(=O)C4CC4)NC3=O)cc(-c3ccccc3)nc2c1. The van der Waals surface area contributed by atoms with Gasteiger partial charge < -0.3 is 20.3 Å². The number of methoxy groups -OCH3 is 1. The van der Waals surface area contributed by atoms with Gasteiger partial charge in [-0.15, -0.1) is 0 Å². The maximum absolute atomic E-state index is 14.0. The van der Waals surface area contributed by atoms with Crippen molar-refractivity contribution in [1.82, 2.24) is 25.2 Å². The largest absolute Gasteiger partial charge is 0.497 e. The third-order valence-corrected chi connectivity index (χ3v) is 11.3. The summed E-state index contributed by atoms with van der Waals surface area (Å²) in [5.41, 5.74) is 0.907. The summed E-state index contributed by atoms with van der Waals surface area (Å²) in [6.07, 6.45) is 7.03. The van der Waals surface area contributed by atoms with Crippen molar-refractivity contribution in [2.45, 2.75) is 68.2 Å². The Kier molecular flexibility index (Phi) is 9.73. The molecule has 2 fully saturated rings. The number of ketones is 1. The number of benzene rings is 2. The Hall–Kier alpha value is -4.78. The van der Waals surface area contributed by atoms with Crippen LogP contribution in [0.1, 0.15) is 61.7 Å². The quantitative estimate of drug-likeness (QED) is 0.224. The summed E-state index contributed by atoms with van der Waals surface area (Å²) in [7, 11) is -0.677. The summed E-state index contributed by atoms with van der Waals surface area (Å²) >= 11 is 0. The van der Waals surface area contributed by atoms with Crippen LogP contribution in [0.15, 0.2) is 66.7 Å². The Morgan fingerprint density at radius 3 is 2.59 bits per heavy atom. The Bertz CT molecular complexity index is 1910. The average Bonchev–Trinajstić information content (AvgIpc) is 4.03. The van der Waals surface area contributed by atoms with E-state index in [9.17, 15) is 27.6 Å². The molecule has 13 heteroatoms. The summed E-state index contributed by atoms with van der Waals surface area (Å²) in [4.78, 5) is 60.9. The van der Waals surface area contributed by atoms with E-state index in [1.54, 1.807) is 38.4 Å². The number of aromatic nitrogens is 1. The van der Waals surface area contributed by atoms with Crippen molar-refractivity contribution >= 4 is 44.6 Å². The van der Waals surface area contributed by atoms with Gasteiger partial charge in [-0.25, -0.2) is 18.2 Å². The standard InChI is InChI=1S/C36H41N5O7S/c1-41-19-9-4-3-8-12-24-22-36(24,34(44)40-49(46,47)26-14-15-26)39-33(43)29(38-35(41)45)17-18-32(42)28-21-30(23-10-6-5-7-11-23)37-31-20-25(48-2)13-16-27(28)31/h5-8,10-13,16,20-21,24,26,29H,3-4,9,14-15,17-19,22H2,1-2H3,(H,38,45)(H,39,43)(H,40,44)/b12-8-/t24-,29+,36-/m1/s1. The monoisotopic (exact) mass is 687 g/mol. The molecule has 2 heterocycles. The molecule has 0 spiro atoms. The molecule has 49 heavy (non-hydrogen) atoms. The Balaban J connectivity index is 1.28. The van der Waals surface area contributed by atoms with Crippen LogP contribution in [0.2, 0.25) is 0 Å². The molecule has 0 saturated heterocycles. The number of allylic oxidation sites excluding steroid dienone is 1. The molecule has 3 aliphatic rings. The minimum Gasteiger partial charge on any atom is -0.497 e. The lowest BCUT2D eigenvalue weighted by atomic mass is 9.97. The number of ether oxygens (including phenoxy) is 1. The lowest BCUT2D eigenvalue weighted by Gasteiger charge is -2.26. The summed E-state index contributed by atoms with van der Waals surface area (Å²) in [5, 5.41) is 5.55. The van der Waals surface area contributed by atoms with Gasteiger partial charge in [-0.2, -0.15) is 0 Å². The predicted octanol–water partition coefficient (Wildman–Crippen LogP) is 4.11. The number of hydrogen-bond donors (Lipinski definition) is 3. The molecule has 2 aromatic carbocycles. The van der Waals surface area contributed by atoms with Crippen molar-refractivity contribution in [3.8, 4) is 17.0 Å². The number of nitrogens with one attached hydrogen (secondary N) is 3. The van der Waals surface area contributed by atoms with E-state index in [2.05, 4.69) is 15.4 Å². The van der Waals surface area contributed by atoms with Gasteiger partial charge in [0, 0.05) is 48.5 Å². The minimum absolute atomic E-state index is 0.0660. The number of Topliss-reactive ketones (excluding diaryl/α,β-unsaturated/α-hetero) is 1. The predicted molar refractivity (Wildman–Crippen MR) is 184 cm³/mol. The van der Waals surface area contributed by atoms with Crippen molar-refractivity contribution in [3.05, 3.63) is 72.3 Å². The summed E-state index contributed by atoms with van der Waals surface area (Å²) < 4.78 is 32.9. The number of rotatable bonds is 9. The van der Waals surface area contributed by atoms with Crippen molar-refractivity contribution in [3.63, 3.8) is 0 Å². The van der Waals surface area contributed by atoms with E-state index in [0.29, 0.717) is 53.7 Å². The van der Waals surface area contributed by atoms with Crippen molar-refractivity contribution in [2.75, 3.05) is 20.7 Å². The molecule has 2 aliphatic carbocycles. The molecule has 2 saturated carbocycles. The van der Waals surface area contributed by atoms with Gasteiger partial charge >= 0.3 is 6.03 Å². The molecule has 3 aromatic rings. The molecule has 6 rings (SSSR count). The second-order valence-electron chi connectivity index (χ2n) is 13.1. The normalized spacial score (nSPS) is 23.8. The first kappa shape index (κ1) is 34.1. The highest BCUT2D eigenvalue weighted by Crippen LogP contribution is 2.46. The molecule has 1 aliphatic heterocycles. The number of hydrogen-bond acceptors (Lipinski definition) is 8. The molecule has 0 unspecified atom stereocenters. The molecule has 3 atom stereocenters. The molecule has 0 bridgehead atoms. The van der Waals surface area contributed by atoms with Gasteiger partial charge in [0.05, 0.1) is 23.6 Å². The van der Waals surface area contributed by atoms with Gasteiger partial charge in [-0.1, -0.05) is 42.5 Å². The molecular weight excluding hydrogens is 646 g/mol. The Morgan fingerprint density at radius 2 is 1.86 bits per heavy atom. The van der Waals surface area contributed by atoms with Crippen LogP contribution in [0.4, 0.5) is 4.79 Å². The molecular formula is C36H41N5O7S. The highest BCUT2D eigenvalue weighted by Gasteiger charge is 2.61. The third kappa shape index (κ3) is 7.61. The van der Waals surface area contributed by atoms with Crippen LogP contribution in [0, 0.1) is 5.92 Å². The summed E-state index contributed by atoms with van der Waals surface area (Å²) in [5.74, 6) is -1.55. The second kappa shape index (κ2) is 14.0. The second-order valence-corrected chi connectivity index (χ2v) is 15.0. The zero-order chi connectivity index (χ0) is 34.8. The molecule has 1 aromatic heterocycles. The fourth-order valence-electron chi connectivity index (χ4n) is 6.20. The number of pyridine rings is 1. The van der Waals surface area contributed by atoms with E-state index >= 15 is 0 Å². The summed E-state index contributed by atoms with van der Waals surface area (Å²) in [6.45, 7) is 0.469. The van der Waals surface area contributed by atoms with Gasteiger partial charge in [-0.05, 0) is 63.1 Å². The van der Waals surface area contributed by atoms with Gasteiger partial charge in [-0.3, -0.25) is 19.1 Å². The van der Waals surface area contributed by atoms with E-state index in [-0.39, 0.29) is 25.0 Å². The number of amides is 4. The topological polar surface area (TPSA) is 164 Å². The lowest BCUT2D eigenvalue weighted by molar-refractivity contribution is -0.130. The van der Waals surface area contributed by atoms with Crippen LogP contribution in [-0.4, -0.2) is 79.5 Å². The molecule has 4 amide bonds. The maximum Gasteiger partial charge on any atom is 0.317 e. The van der Waals surface area contributed by atoms with Crippen molar-refractivity contribution in [2.24, 2.45) is 5.92 Å². The number of carbonyl (C=O) groups is 4. The highest BCUT2D eigenvalue weighted by atomic mass is 32.2.